The highest BCUT2D eigenvalue weighted by atomic mass is 127. The van der Waals surface area contributed by atoms with E-state index in [2.05, 4.69) is 5.10 Å². The number of hydrazone groups is 1. The fourth-order valence-corrected chi connectivity index (χ4v) is 3.24. The number of aromatic hydroxyl groups is 1. The summed E-state index contributed by atoms with van der Waals surface area (Å²) in [6.45, 7) is 0. The van der Waals surface area contributed by atoms with E-state index in [1.165, 1.54) is 43.5 Å². The number of ether oxygens (including phenoxy) is 1. The Morgan fingerprint density at radius 2 is 1.96 bits per heavy atom. The third kappa shape index (κ3) is 4.57. The van der Waals surface area contributed by atoms with Crippen molar-refractivity contribution < 1.29 is 23.2 Å². The number of nitrogens with zero attached hydrogens (tertiary/aromatic N) is 2. The molecule has 0 aromatic heterocycles. The number of rotatable bonds is 6. The predicted molar refractivity (Wildman–Crippen MR) is 98.4 cm³/mol. The van der Waals surface area contributed by atoms with Gasteiger partial charge in [-0.05, 0) is 52.9 Å². The van der Waals surface area contributed by atoms with Gasteiger partial charge < -0.3 is 9.84 Å². The summed E-state index contributed by atoms with van der Waals surface area (Å²) >= 11 is 1.84. The second kappa shape index (κ2) is 7.65. The third-order valence-corrected chi connectivity index (χ3v) is 4.89. The molecule has 0 bridgehead atoms. The first-order chi connectivity index (χ1) is 11.7. The molecule has 0 unspecified atom stereocenters. The summed E-state index contributed by atoms with van der Waals surface area (Å²) in [5.74, 6) is -0.101. The molecule has 9 nitrogen and oxygen atoms in total. The Morgan fingerprint density at radius 3 is 2.52 bits per heavy atom. The fraction of sp³-hybridized carbons (Fsp3) is 0.0714. The monoisotopic (exact) mass is 477 g/mol. The van der Waals surface area contributed by atoms with Gasteiger partial charge in [-0.3, -0.25) is 10.1 Å². The van der Waals surface area contributed by atoms with Crippen LogP contribution in [0.2, 0.25) is 0 Å². The minimum atomic E-state index is -3.93. The van der Waals surface area contributed by atoms with E-state index in [1.807, 2.05) is 27.4 Å². The van der Waals surface area contributed by atoms with Crippen molar-refractivity contribution in [2.45, 2.75) is 4.90 Å². The van der Waals surface area contributed by atoms with Gasteiger partial charge in [0.2, 0.25) is 5.75 Å². The number of phenols is 1. The topological polar surface area (TPSA) is 131 Å². The van der Waals surface area contributed by atoms with Crippen molar-refractivity contribution in [3.63, 3.8) is 0 Å². The smallest absolute Gasteiger partial charge is 0.312 e. The van der Waals surface area contributed by atoms with Crippen LogP contribution in [-0.2, 0) is 10.0 Å². The SMILES string of the molecule is COc1ccc(S(=O)(=O)N/N=C/c2cc(I)cc([N+](=O)[O-])c2O)cc1. The highest BCUT2D eigenvalue weighted by Gasteiger charge is 2.18. The van der Waals surface area contributed by atoms with Crippen LogP contribution in [0.4, 0.5) is 5.69 Å². The molecule has 11 heteroatoms. The van der Waals surface area contributed by atoms with Crippen molar-refractivity contribution in [3.05, 3.63) is 55.6 Å². The molecule has 0 saturated heterocycles. The summed E-state index contributed by atoms with van der Waals surface area (Å²) in [6, 6.07) is 8.25. The number of methoxy groups -OCH3 is 1. The second-order valence-corrected chi connectivity index (χ2v) is 7.55. The maximum atomic E-state index is 12.1. The number of nitrogens with one attached hydrogen (secondary N) is 1. The molecule has 0 amide bonds. The van der Waals surface area contributed by atoms with Crippen molar-refractivity contribution in [2.75, 3.05) is 7.11 Å². The minimum absolute atomic E-state index is 0.0102. The minimum Gasteiger partial charge on any atom is -0.502 e. The molecule has 2 rings (SSSR count). The molecule has 0 radical (unpaired) electrons. The maximum Gasteiger partial charge on any atom is 0.312 e. The van der Waals surface area contributed by atoms with E-state index in [-0.39, 0.29) is 10.5 Å². The number of halogens is 1. The molecule has 0 spiro atoms. The summed E-state index contributed by atoms with van der Waals surface area (Å²) in [6.07, 6.45) is 0.992. The average Bonchev–Trinajstić information content (AvgIpc) is 2.57. The molecule has 25 heavy (non-hydrogen) atoms. The standard InChI is InChI=1S/C14H12IN3O6S/c1-24-11-2-4-12(5-3-11)25(22,23)17-16-8-9-6-10(15)7-13(14(9)19)18(20)21/h2-8,17,19H,1H3/b16-8+. The molecule has 0 atom stereocenters. The van der Waals surface area contributed by atoms with Crippen molar-refractivity contribution in [1.82, 2.24) is 4.83 Å². The third-order valence-electron chi connectivity index (χ3n) is 3.03. The van der Waals surface area contributed by atoms with E-state index in [1.54, 1.807) is 0 Å². The van der Waals surface area contributed by atoms with Crippen molar-refractivity contribution >= 4 is 44.5 Å². The van der Waals surface area contributed by atoms with Crippen LogP contribution in [0.15, 0.2) is 46.4 Å². The fourth-order valence-electron chi connectivity index (χ4n) is 1.82. The Hall–Kier alpha value is -2.41. The Labute approximate surface area is 156 Å². The number of phenolic OH excluding ortho intramolecular Hbond substituents is 1. The molecule has 0 aliphatic heterocycles. The summed E-state index contributed by atoms with van der Waals surface area (Å²) in [7, 11) is -2.47. The van der Waals surface area contributed by atoms with Gasteiger partial charge in [0.15, 0.2) is 0 Å². The first-order valence-corrected chi connectivity index (χ1v) is 9.16. The van der Waals surface area contributed by atoms with Crippen LogP contribution < -0.4 is 9.57 Å². The largest absolute Gasteiger partial charge is 0.502 e. The van der Waals surface area contributed by atoms with E-state index < -0.39 is 26.4 Å². The summed E-state index contributed by atoms with van der Waals surface area (Å²) < 4.78 is 29.7. The zero-order valence-corrected chi connectivity index (χ0v) is 15.7. The molecular weight excluding hydrogens is 465 g/mol. The van der Waals surface area contributed by atoms with Gasteiger partial charge in [0, 0.05) is 15.2 Å². The van der Waals surface area contributed by atoms with E-state index in [9.17, 15) is 23.6 Å². The van der Waals surface area contributed by atoms with Gasteiger partial charge in [0.05, 0.1) is 23.1 Å². The summed E-state index contributed by atoms with van der Waals surface area (Å²) in [4.78, 5) is 12.1. The van der Waals surface area contributed by atoms with Crippen LogP contribution in [0, 0.1) is 13.7 Å². The van der Waals surface area contributed by atoms with Crippen molar-refractivity contribution in [3.8, 4) is 11.5 Å². The van der Waals surface area contributed by atoms with Crippen molar-refractivity contribution in [1.29, 1.82) is 0 Å². The highest BCUT2D eigenvalue weighted by Crippen LogP contribution is 2.30. The molecule has 2 aromatic rings. The van der Waals surface area contributed by atoms with Crippen LogP contribution in [0.1, 0.15) is 5.56 Å². The number of hydrogen-bond donors (Lipinski definition) is 2. The molecule has 0 aliphatic carbocycles. The number of benzene rings is 2. The zero-order valence-electron chi connectivity index (χ0n) is 12.7. The Morgan fingerprint density at radius 1 is 1.32 bits per heavy atom. The molecule has 2 aromatic carbocycles. The molecule has 132 valence electrons. The van der Waals surface area contributed by atoms with E-state index in [0.29, 0.717) is 9.32 Å². The van der Waals surface area contributed by atoms with Crippen LogP contribution >= 0.6 is 22.6 Å². The normalized spacial score (nSPS) is 11.4. The Balaban J connectivity index is 2.24. The molecule has 0 aliphatic rings. The number of nitro benzene ring substituents is 1. The lowest BCUT2D eigenvalue weighted by Crippen LogP contribution is -2.18. The van der Waals surface area contributed by atoms with Gasteiger partial charge in [-0.25, -0.2) is 4.83 Å². The van der Waals surface area contributed by atoms with E-state index >= 15 is 0 Å². The Bertz CT molecular complexity index is 928. The Kier molecular flexibility index (Phi) is 5.79. The van der Waals surface area contributed by atoms with Gasteiger partial charge in [0.25, 0.3) is 10.0 Å². The second-order valence-electron chi connectivity index (χ2n) is 4.65. The summed E-state index contributed by atoms with van der Waals surface area (Å²) in [5.41, 5.74) is -0.484. The van der Waals surface area contributed by atoms with Crippen LogP contribution in [0.3, 0.4) is 0 Å². The van der Waals surface area contributed by atoms with Gasteiger partial charge in [0.1, 0.15) is 5.75 Å². The first-order valence-electron chi connectivity index (χ1n) is 6.60. The number of sulfonamides is 1. The highest BCUT2D eigenvalue weighted by molar-refractivity contribution is 14.1. The van der Waals surface area contributed by atoms with Gasteiger partial charge in [-0.2, -0.15) is 13.5 Å². The quantitative estimate of drug-likeness (QED) is 0.284. The van der Waals surface area contributed by atoms with Gasteiger partial charge >= 0.3 is 5.69 Å². The van der Waals surface area contributed by atoms with Crippen LogP contribution in [0.5, 0.6) is 11.5 Å². The van der Waals surface area contributed by atoms with Crippen LogP contribution in [-0.4, -0.2) is 31.8 Å². The lowest BCUT2D eigenvalue weighted by Gasteiger charge is -2.05. The first kappa shape index (κ1) is 18.9. The summed E-state index contributed by atoms with van der Waals surface area (Å²) in [5, 5.41) is 24.3. The van der Waals surface area contributed by atoms with Gasteiger partial charge in [-0.1, -0.05) is 0 Å². The molecule has 0 heterocycles. The molecular formula is C14H12IN3O6S. The lowest BCUT2D eigenvalue weighted by molar-refractivity contribution is -0.386. The maximum absolute atomic E-state index is 12.1. The molecule has 2 N–H and O–H groups in total. The van der Waals surface area contributed by atoms with Crippen LogP contribution in [0.25, 0.3) is 0 Å². The number of nitro groups is 1. The average molecular weight is 477 g/mol. The van der Waals surface area contributed by atoms with Gasteiger partial charge in [-0.15, -0.1) is 0 Å². The van der Waals surface area contributed by atoms with E-state index in [0.717, 1.165) is 6.21 Å². The predicted octanol–water partition coefficient (Wildman–Crippen LogP) is 2.23. The number of hydrogen-bond acceptors (Lipinski definition) is 7. The zero-order chi connectivity index (χ0) is 18.6. The van der Waals surface area contributed by atoms with E-state index in [4.69, 9.17) is 4.74 Å². The van der Waals surface area contributed by atoms with Crippen molar-refractivity contribution in [2.24, 2.45) is 5.10 Å². The molecule has 0 saturated carbocycles. The lowest BCUT2D eigenvalue weighted by atomic mass is 10.2. The molecule has 0 fully saturated rings.